The Morgan fingerprint density at radius 2 is 1.54 bits per heavy atom. The summed E-state index contributed by atoms with van der Waals surface area (Å²) in [4.78, 5) is 10.3. The van der Waals surface area contributed by atoms with E-state index < -0.39 is 23.2 Å². The van der Waals surface area contributed by atoms with Crippen LogP contribution in [0.1, 0.15) is 13.2 Å². The van der Waals surface area contributed by atoms with E-state index in [0.29, 0.717) is 0 Å². The van der Waals surface area contributed by atoms with E-state index in [4.69, 9.17) is 20.4 Å². The molecule has 0 aliphatic heterocycles. The molecule has 68 valence electrons. The van der Waals surface area contributed by atoms with E-state index in [1.54, 1.807) is 0 Å². The number of hydrogen-bond acceptors (Lipinski definition) is 4. The molecule has 6 heteroatoms. The van der Waals surface area contributed by atoms with Crippen LogP contribution < -0.4 is 0 Å². The van der Waals surface area contributed by atoms with Crippen LogP contribution in [0.15, 0.2) is 12.1 Å². The van der Waals surface area contributed by atoms with E-state index in [2.05, 4.69) is 0 Å². The first-order chi connectivity index (χ1) is 5.52. The summed E-state index contributed by atoms with van der Waals surface area (Å²) in [6.45, 7) is 0. The summed E-state index contributed by atoms with van der Waals surface area (Å²) >= 11 is 0. The fourth-order valence-electron chi connectivity index (χ4n) is 0.728. The standard InChI is InChI=1S/C7H6O5.Ba.2H/c8-4-1-3(7(11)12)2-5(9)6(4)10;;;/h1-2,8-10H,(H,11,12);;;/q;+2;2*-1. The van der Waals surface area contributed by atoms with E-state index in [0.717, 1.165) is 12.1 Å². The molecular formula is C7H8BaO5. The van der Waals surface area contributed by atoms with Gasteiger partial charge in [0, 0.05) is 0 Å². The molecule has 0 aliphatic carbocycles. The van der Waals surface area contributed by atoms with Crippen molar-refractivity contribution >= 4 is 54.9 Å². The van der Waals surface area contributed by atoms with Gasteiger partial charge in [-0.15, -0.1) is 0 Å². The zero-order chi connectivity index (χ0) is 9.30. The minimum Gasteiger partial charge on any atom is -1.00 e. The number of carbonyl (C=O) groups is 1. The Labute approximate surface area is 117 Å². The van der Waals surface area contributed by atoms with Gasteiger partial charge < -0.3 is 23.3 Å². The summed E-state index contributed by atoms with van der Waals surface area (Å²) < 4.78 is 0. The van der Waals surface area contributed by atoms with Crippen LogP contribution in [-0.2, 0) is 0 Å². The van der Waals surface area contributed by atoms with Crippen molar-refractivity contribution in [3.8, 4) is 17.2 Å². The first-order valence-corrected chi connectivity index (χ1v) is 3.00. The molecule has 0 aromatic heterocycles. The van der Waals surface area contributed by atoms with Crippen LogP contribution in [0.3, 0.4) is 0 Å². The van der Waals surface area contributed by atoms with Crippen LogP contribution in [0.4, 0.5) is 0 Å². The number of benzene rings is 1. The zero-order valence-corrected chi connectivity index (χ0v) is 11.0. The topological polar surface area (TPSA) is 98.0 Å². The number of carboxylic acids is 1. The second-order valence-electron chi connectivity index (χ2n) is 2.17. The molecule has 1 rings (SSSR count). The summed E-state index contributed by atoms with van der Waals surface area (Å²) in [6, 6.07) is 1.69. The van der Waals surface area contributed by atoms with Gasteiger partial charge in [-0.25, -0.2) is 4.79 Å². The molecule has 0 amide bonds. The first-order valence-electron chi connectivity index (χ1n) is 3.00. The third-order valence-corrected chi connectivity index (χ3v) is 1.32. The molecule has 0 heterocycles. The monoisotopic (exact) mass is 310 g/mol. The van der Waals surface area contributed by atoms with Gasteiger partial charge >= 0.3 is 54.9 Å². The second-order valence-corrected chi connectivity index (χ2v) is 2.17. The Morgan fingerprint density at radius 1 is 1.15 bits per heavy atom. The van der Waals surface area contributed by atoms with Gasteiger partial charge in [-0.3, -0.25) is 0 Å². The Bertz CT molecular complexity index is 321. The van der Waals surface area contributed by atoms with E-state index in [1.807, 2.05) is 0 Å². The van der Waals surface area contributed by atoms with Crippen molar-refractivity contribution in [3.63, 3.8) is 0 Å². The minimum atomic E-state index is -1.29. The summed E-state index contributed by atoms with van der Waals surface area (Å²) in [7, 11) is 0. The van der Waals surface area contributed by atoms with Crippen LogP contribution >= 0.6 is 0 Å². The molecule has 4 N–H and O–H groups in total. The van der Waals surface area contributed by atoms with Crippen molar-refractivity contribution in [1.82, 2.24) is 0 Å². The largest absolute Gasteiger partial charge is 2.00 e. The number of phenols is 3. The van der Waals surface area contributed by atoms with Gasteiger partial charge in [-0.1, -0.05) is 0 Å². The average Bonchev–Trinajstić information content (AvgIpc) is 1.99. The SMILES string of the molecule is O=C(O)c1cc(O)c(O)c(O)c1.[Ba+2].[H-].[H-]. The van der Waals surface area contributed by atoms with Crippen LogP contribution in [0.25, 0.3) is 0 Å². The first kappa shape index (κ1) is 12.7. The quantitative estimate of drug-likeness (QED) is 0.443. The number of phenolic OH excluding ortho intramolecular Hbond substituents is 3. The van der Waals surface area contributed by atoms with Crippen molar-refractivity contribution in [2.45, 2.75) is 0 Å². The van der Waals surface area contributed by atoms with Gasteiger partial charge in [0.05, 0.1) is 5.56 Å². The van der Waals surface area contributed by atoms with E-state index in [-0.39, 0.29) is 57.3 Å². The number of hydrogen-bond donors (Lipinski definition) is 4. The molecule has 0 atom stereocenters. The van der Waals surface area contributed by atoms with Crippen LogP contribution in [0.5, 0.6) is 17.2 Å². The molecule has 13 heavy (non-hydrogen) atoms. The molecule has 0 unspecified atom stereocenters. The molecule has 5 nitrogen and oxygen atoms in total. The number of carboxylic acid groups (broad SMARTS) is 1. The van der Waals surface area contributed by atoms with E-state index >= 15 is 0 Å². The number of aromatic hydroxyl groups is 3. The van der Waals surface area contributed by atoms with Gasteiger partial charge in [0.1, 0.15) is 0 Å². The van der Waals surface area contributed by atoms with Crippen LogP contribution in [0.2, 0.25) is 0 Å². The maximum atomic E-state index is 10.3. The maximum Gasteiger partial charge on any atom is 2.00 e. The average molecular weight is 309 g/mol. The Hall–Kier alpha value is -0.339. The van der Waals surface area contributed by atoms with Crippen molar-refractivity contribution in [1.29, 1.82) is 0 Å². The Morgan fingerprint density at radius 3 is 1.85 bits per heavy atom. The molecule has 0 spiro atoms. The van der Waals surface area contributed by atoms with Gasteiger partial charge in [0.25, 0.3) is 0 Å². The predicted octanol–water partition coefficient (Wildman–Crippen LogP) is 0.346. The number of rotatable bonds is 1. The third-order valence-electron chi connectivity index (χ3n) is 1.32. The normalized spacial score (nSPS) is 8.92. The van der Waals surface area contributed by atoms with Crippen molar-refractivity contribution < 1.29 is 28.1 Å². The molecule has 0 aliphatic rings. The third kappa shape index (κ3) is 2.82. The molecule has 0 saturated carbocycles. The van der Waals surface area contributed by atoms with Crippen molar-refractivity contribution in [2.24, 2.45) is 0 Å². The summed E-state index contributed by atoms with van der Waals surface area (Å²) in [6.07, 6.45) is 0. The fourth-order valence-corrected chi connectivity index (χ4v) is 0.728. The van der Waals surface area contributed by atoms with Crippen LogP contribution in [-0.4, -0.2) is 75.3 Å². The summed E-state index contributed by atoms with van der Waals surface area (Å²) in [5.74, 6) is -3.33. The minimum absolute atomic E-state index is 0. The predicted molar refractivity (Wildman–Crippen MR) is 46.4 cm³/mol. The summed E-state index contributed by atoms with van der Waals surface area (Å²) in [5, 5.41) is 35.0. The Balaban J connectivity index is -0.000000480. The molecule has 1 aromatic rings. The van der Waals surface area contributed by atoms with Crippen molar-refractivity contribution in [3.05, 3.63) is 17.7 Å². The fraction of sp³-hybridized carbons (Fsp3) is 0. The molecule has 0 bridgehead atoms. The molecule has 0 saturated heterocycles. The number of aromatic carboxylic acids is 1. The van der Waals surface area contributed by atoms with Crippen molar-refractivity contribution in [2.75, 3.05) is 0 Å². The van der Waals surface area contributed by atoms with E-state index in [1.165, 1.54) is 0 Å². The zero-order valence-electron chi connectivity index (χ0n) is 8.56. The van der Waals surface area contributed by atoms with Gasteiger partial charge in [0.15, 0.2) is 17.2 Å². The molecule has 1 aromatic carbocycles. The van der Waals surface area contributed by atoms with Gasteiger partial charge in [-0.2, -0.15) is 0 Å². The Kier molecular flexibility index (Phi) is 4.65. The second kappa shape index (κ2) is 4.77. The van der Waals surface area contributed by atoms with Gasteiger partial charge in [-0.05, 0) is 12.1 Å². The smallest absolute Gasteiger partial charge is 1.00 e. The van der Waals surface area contributed by atoms with Gasteiger partial charge in [0.2, 0.25) is 0 Å². The van der Waals surface area contributed by atoms with E-state index in [9.17, 15) is 4.79 Å². The maximum absolute atomic E-state index is 10.3. The van der Waals surface area contributed by atoms with Crippen LogP contribution in [0, 0.1) is 0 Å². The molecule has 0 radical (unpaired) electrons. The summed E-state index contributed by atoms with van der Waals surface area (Å²) in [5.41, 5.74) is -0.289. The molecule has 0 fully saturated rings. The molecular weight excluding hydrogens is 301 g/mol.